The number of carbonyl (C=O) groups is 1. The highest BCUT2D eigenvalue weighted by molar-refractivity contribution is 8.00. The Labute approximate surface area is 158 Å². The number of ether oxygens (including phenoxy) is 1. The summed E-state index contributed by atoms with van der Waals surface area (Å²) in [6.07, 6.45) is 6.37. The van der Waals surface area contributed by atoms with E-state index in [-0.39, 0.29) is 11.2 Å². The standard InChI is InChI=1S/C19H26N4O2S/c1-13(18(24)20-12-14-6-4-3-5-7-14)26-19-21-17(22-23-19)15-8-10-16(25-2)11-9-15/h8-11,13-14H,3-7,12H2,1-2H3,(H,20,24)(H,21,22,23)/t13-/m1/s1. The Bertz CT molecular complexity index is 711. The molecule has 0 aliphatic heterocycles. The van der Waals surface area contributed by atoms with E-state index in [1.807, 2.05) is 31.2 Å². The highest BCUT2D eigenvalue weighted by Gasteiger charge is 2.19. The van der Waals surface area contributed by atoms with Crippen molar-refractivity contribution in [1.29, 1.82) is 0 Å². The number of hydrogen-bond donors (Lipinski definition) is 2. The van der Waals surface area contributed by atoms with Crippen molar-refractivity contribution in [2.24, 2.45) is 5.92 Å². The third-order valence-corrected chi connectivity index (χ3v) is 5.73. The number of amides is 1. The highest BCUT2D eigenvalue weighted by Crippen LogP contribution is 2.25. The van der Waals surface area contributed by atoms with E-state index < -0.39 is 0 Å². The fourth-order valence-corrected chi connectivity index (χ4v) is 3.92. The van der Waals surface area contributed by atoms with Crippen LogP contribution in [0.15, 0.2) is 29.4 Å². The fourth-order valence-electron chi connectivity index (χ4n) is 3.17. The van der Waals surface area contributed by atoms with Gasteiger partial charge in [0.2, 0.25) is 11.1 Å². The van der Waals surface area contributed by atoms with Crippen molar-refractivity contribution in [2.45, 2.75) is 49.4 Å². The van der Waals surface area contributed by atoms with Crippen LogP contribution in [0.5, 0.6) is 5.75 Å². The minimum Gasteiger partial charge on any atom is -0.497 e. The van der Waals surface area contributed by atoms with Crippen LogP contribution in [0.2, 0.25) is 0 Å². The molecule has 1 aliphatic rings. The zero-order valence-electron chi connectivity index (χ0n) is 15.3. The zero-order chi connectivity index (χ0) is 18.4. The number of aromatic nitrogens is 3. The molecular formula is C19H26N4O2S. The predicted molar refractivity (Wildman–Crippen MR) is 103 cm³/mol. The molecule has 7 heteroatoms. The summed E-state index contributed by atoms with van der Waals surface area (Å²) in [5, 5.41) is 10.6. The van der Waals surface area contributed by atoms with E-state index in [1.165, 1.54) is 43.9 Å². The molecular weight excluding hydrogens is 348 g/mol. The molecule has 0 saturated heterocycles. The number of benzene rings is 1. The summed E-state index contributed by atoms with van der Waals surface area (Å²) in [5.41, 5.74) is 0.930. The molecule has 1 heterocycles. The maximum Gasteiger partial charge on any atom is 0.233 e. The molecule has 1 aromatic heterocycles. The van der Waals surface area contributed by atoms with Crippen LogP contribution in [-0.4, -0.2) is 40.0 Å². The molecule has 1 atom stereocenters. The first kappa shape index (κ1) is 18.8. The molecule has 1 fully saturated rings. The minimum atomic E-state index is -0.224. The number of thioether (sulfide) groups is 1. The van der Waals surface area contributed by atoms with Crippen LogP contribution in [0, 0.1) is 5.92 Å². The molecule has 26 heavy (non-hydrogen) atoms. The van der Waals surface area contributed by atoms with Crippen molar-refractivity contribution in [3.8, 4) is 17.1 Å². The van der Waals surface area contributed by atoms with Crippen LogP contribution in [0.3, 0.4) is 0 Å². The van der Waals surface area contributed by atoms with Crippen molar-refractivity contribution in [2.75, 3.05) is 13.7 Å². The van der Waals surface area contributed by atoms with E-state index in [1.54, 1.807) is 7.11 Å². The molecule has 1 aromatic carbocycles. The van der Waals surface area contributed by atoms with Gasteiger partial charge in [0.15, 0.2) is 5.82 Å². The lowest BCUT2D eigenvalue weighted by Crippen LogP contribution is -2.35. The van der Waals surface area contributed by atoms with E-state index >= 15 is 0 Å². The normalized spacial score (nSPS) is 16.2. The van der Waals surface area contributed by atoms with Crippen LogP contribution in [0.25, 0.3) is 11.4 Å². The van der Waals surface area contributed by atoms with Crippen molar-refractivity contribution in [3.63, 3.8) is 0 Å². The van der Waals surface area contributed by atoms with E-state index in [2.05, 4.69) is 20.5 Å². The van der Waals surface area contributed by atoms with E-state index in [0.717, 1.165) is 17.9 Å². The van der Waals surface area contributed by atoms with Crippen molar-refractivity contribution in [1.82, 2.24) is 20.5 Å². The van der Waals surface area contributed by atoms with Crippen LogP contribution in [-0.2, 0) is 4.79 Å². The number of H-pyrrole nitrogens is 1. The van der Waals surface area contributed by atoms with Crippen LogP contribution in [0.4, 0.5) is 0 Å². The van der Waals surface area contributed by atoms with Gasteiger partial charge < -0.3 is 10.1 Å². The molecule has 0 radical (unpaired) electrons. The Morgan fingerprint density at radius 3 is 2.73 bits per heavy atom. The minimum absolute atomic E-state index is 0.0522. The maximum absolute atomic E-state index is 12.3. The third kappa shape index (κ3) is 5.00. The predicted octanol–water partition coefficient (Wildman–Crippen LogP) is 3.66. The molecule has 0 spiro atoms. The summed E-state index contributed by atoms with van der Waals surface area (Å²) >= 11 is 1.37. The molecule has 6 nitrogen and oxygen atoms in total. The summed E-state index contributed by atoms with van der Waals surface area (Å²) in [5.74, 6) is 2.17. The highest BCUT2D eigenvalue weighted by atomic mass is 32.2. The summed E-state index contributed by atoms with van der Waals surface area (Å²) < 4.78 is 5.16. The lowest BCUT2D eigenvalue weighted by molar-refractivity contribution is -0.120. The lowest BCUT2D eigenvalue weighted by Gasteiger charge is -2.22. The number of nitrogens with zero attached hydrogens (tertiary/aromatic N) is 2. The topological polar surface area (TPSA) is 79.9 Å². The molecule has 2 N–H and O–H groups in total. The number of rotatable bonds is 7. The Kier molecular flexibility index (Phi) is 6.55. The quantitative estimate of drug-likeness (QED) is 0.723. The van der Waals surface area contributed by atoms with Crippen LogP contribution >= 0.6 is 11.8 Å². The average Bonchev–Trinajstić information content (AvgIpc) is 3.15. The van der Waals surface area contributed by atoms with E-state index in [9.17, 15) is 4.79 Å². The van der Waals surface area contributed by atoms with Crippen molar-refractivity contribution in [3.05, 3.63) is 24.3 Å². The summed E-state index contributed by atoms with van der Waals surface area (Å²) in [7, 11) is 1.64. The number of nitrogens with one attached hydrogen (secondary N) is 2. The molecule has 1 saturated carbocycles. The second-order valence-corrected chi connectivity index (χ2v) is 8.01. The SMILES string of the molecule is COc1ccc(-c2nc(S[C@H](C)C(=O)NCC3CCCCC3)n[nH]2)cc1. The summed E-state index contributed by atoms with van der Waals surface area (Å²) in [4.78, 5) is 16.8. The third-order valence-electron chi connectivity index (χ3n) is 4.77. The van der Waals surface area contributed by atoms with Crippen LogP contribution < -0.4 is 10.1 Å². The van der Waals surface area contributed by atoms with Crippen molar-refractivity contribution < 1.29 is 9.53 Å². The first-order chi connectivity index (χ1) is 12.7. The van der Waals surface area contributed by atoms with Gasteiger partial charge in [0.1, 0.15) is 5.75 Å². The second kappa shape index (κ2) is 9.07. The van der Waals surface area contributed by atoms with Gasteiger partial charge in [-0.1, -0.05) is 31.0 Å². The van der Waals surface area contributed by atoms with Gasteiger partial charge in [-0.15, -0.1) is 5.10 Å². The van der Waals surface area contributed by atoms with Gasteiger partial charge in [-0.3, -0.25) is 9.89 Å². The molecule has 1 amide bonds. The Balaban J connectivity index is 1.51. The van der Waals surface area contributed by atoms with Gasteiger partial charge in [-0.05, 0) is 49.9 Å². The lowest BCUT2D eigenvalue weighted by atomic mass is 9.89. The number of methoxy groups -OCH3 is 1. The van der Waals surface area contributed by atoms with Gasteiger partial charge in [0.25, 0.3) is 0 Å². The van der Waals surface area contributed by atoms with Crippen LogP contribution in [0.1, 0.15) is 39.0 Å². The van der Waals surface area contributed by atoms with Crippen molar-refractivity contribution >= 4 is 17.7 Å². The molecule has 140 valence electrons. The Morgan fingerprint density at radius 1 is 1.31 bits per heavy atom. The molecule has 2 aromatic rings. The fraction of sp³-hybridized carbons (Fsp3) is 0.526. The number of hydrogen-bond acceptors (Lipinski definition) is 5. The van der Waals surface area contributed by atoms with Gasteiger partial charge >= 0.3 is 0 Å². The smallest absolute Gasteiger partial charge is 0.233 e. The molecule has 0 bridgehead atoms. The summed E-state index contributed by atoms with van der Waals surface area (Å²) in [6.45, 7) is 2.68. The zero-order valence-corrected chi connectivity index (χ0v) is 16.1. The number of aromatic amines is 1. The Hall–Kier alpha value is -2.02. The number of carbonyl (C=O) groups excluding carboxylic acids is 1. The van der Waals surface area contributed by atoms with Gasteiger partial charge in [-0.2, -0.15) is 0 Å². The average molecular weight is 375 g/mol. The monoisotopic (exact) mass is 374 g/mol. The first-order valence-corrected chi connectivity index (χ1v) is 10.0. The van der Waals surface area contributed by atoms with Gasteiger partial charge in [-0.25, -0.2) is 4.98 Å². The Morgan fingerprint density at radius 2 is 2.04 bits per heavy atom. The molecule has 1 aliphatic carbocycles. The van der Waals surface area contributed by atoms with E-state index in [0.29, 0.717) is 16.9 Å². The first-order valence-electron chi connectivity index (χ1n) is 9.17. The van der Waals surface area contributed by atoms with Gasteiger partial charge in [0, 0.05) is 12.1 Å². The van der Waals surface area contributed by atoms with E-state index in [4.69, 9.17) is 4.74 Å². The van der Waals surface area contributed by atoms with Gasteiger partial charge in [0.05, 0.1) is 12.4 Å². The molecule has 0 unspecified atom stereocenters. The summed E-state index contributed by atoms with van der Waals surface area (Å²) in [6, 6.07) is 7.61. The molecule has 3 rings (SSSR count). The second-order valence-electron chi connectivity index (χ2n) is 6.70. The largest absolute Gasteiger partial charge is 0.497 e. The maximum atomic E-state index is 12.3.